The van der Waals surface area contributed by atoms with Crippen molar-refractivity contribution in [2.45, 2.75) is 25.8 Å². The maximum atomic E-state index is 6.03. The monoisotopic (exact) mass is 268 g/mol. The molecule has 0 aliphatic carbocycles. The minimum absolute atomic E-state index is 0.0423. The molecule has 0 fully saturated rings. The third-order valence-electron chi connectivity index (χ3n) is 2.32. The van der Waals surface area contributed by atoms with Crippen LogP contribution in [0.25, 0.3) is 5.65 Å². The summed E-state index contributed by atoms with van der Waals surface area (Å²) in [7, 11) is 0. The van der Waals surface area contributed by atoms with E-state index in [0.29, 0.717) is 0 Å². The fourth-order valence-corrected chi connectivity index (χ4v) is 1.91. The highest BCUT2D eigenvalue weighted by atomic mass is 79.9. The quantitative estimate of drug-likeness (QED) is 0.930. The van der Waals surface area contributed by atoms with Crippen LogP contribution in [0.5, 0.6) is 0 Å². The third kappa shape index (κ3) is 2.03. The molecular formula is C10H13BrN4. The largest absolute Gasteiger partial charge is 0.321 e. The molecule has 2 heterocycles. The van der Waals surface area contributed by atoms with Crippen LogP contribution in [0.15, 0.2) is 22.8 Å². The Morgan fingerprint density at radius 1 is 1.47 bits per heavy atom. The lowest BCUT2D eigenvalue weighted by Crippen LogP contribution is -2.13. The summed E-state index contributed by atoms with van der Waals surface area (Å²) in [4.78, 5) is 0. The van der Waals surface area contributed by atoms with Crippen molar-refractivity contribution in [3.8, 4) is 0 Å². The number of rotatable bonds is 3. The predicted molar refractivity (Wildman–Crippen MR) is 62.5 cm³/mol. The van der Waals surface area contributed by atoms with Crippen LogP contribution in [0.2, 0.25) is 0 Å². The Bertz CT molecular complexity index is 465. The maximum Gasteiger partial charge on any atom is 0.160 e. The SMILES string of the molecule is CCCC(N)c1nnc2ccc(Br)cn12. The number of fused-ring (bicyclic) bond motifs is 1. The zero-order valence-corrected chi connectivity index (χ0v) is 10.1. The molecule has 0 amide bonds. The molecule has 15 heavy (non-hydrogen) atoms. The topological polar surface area (TPSA) is 56.2 Å². The molecule has 2 aromatic rings. The summed E-state index contributed by atoms with van der Waals surface area (Å²) in [5.41, 5.74) is 6.86. The number of nitrogens with two attached hydrogens (primary N) is 1. The van der Waals surface area contributed by atoms with E-state index in [0.717, 1.165) is 28.8 Å². The van der Waals surface area contributed by atoms with Crippen molar-refractivity contribution in [2.24, 2.45) is 5.73 Å². The van der Waals surface area contributed by atoms with Gasteiger partial charge in [-0.1, -0.05) is 13.3 Å². The van der Waals surface area contributed by atoms with Crippen LogP contribution in [0.1, 0.15) is 31.6 Å². The van der Waals surface area contributed by atoms with E-state index in [1.54, 1.807) is 0 Å². The second-order valence-electron chi connectivity index (χ2n) is 3.53. The van der Waals surface area contributed by atoms with Crippen molar-refractivity contribution in [3.05, 3.63) is 28.6 Å². The van der Waals surface area contributed by atoms with Gasteiger partial charge >= 0.3 is 0 Å². The van der Waals surface area contributed by atoms with Gasteiger partial charge in [0.15, 0.2) is 11.5 Å². The van der Waals surface area contributed by atoms with E-state index in [4.69, 9.17) is 5.73 Å². The second kappa shape index (κ2) is 4.28. The second-order valence-corrected chi connectivity index (χ2v) is 4.44. The van der Waals surface area contributed by atoms with Gasteiger partial charge in [-0.3, -0.25) is 4.40 Å². The van der Waals surface area contributed by atoms with E-state index in [2.05, 4.69) is 33.1 Å². The van der Waals surface area contributed by atoms with Crippen LogP contribution >= 0.6 is 15.9 Å². The average molecular weight is 269 g/mol. The van der Waals surface area contributed by atoms with Gasteiger partial charge in [-0.15, -0.1) is 10.2 Å². The third-order valence-corrected chi connectivity index (χ3v) is 2.79. The zero-order valence-electron chi connectivity index (χ0n) is 8.52. The number of aromatic nitrogens is 3. The Balaban J connectivity index is 2.47. The molecule has 0 aliphatic rings. The molecule has 0 bridgehead atoms. The minimum Gasteiger partial charge on any atom is -0.321 e. The number of nitrogens with zero attached hydrogens (tertiary/aromatic N) is 3. The Morgan fingerprint density at radius 2 is 2.27 bits per heavy atom. The van der Waals surface area contributed by atoms with Crippen molar-refractivity contribution >= 4 is 21.6 Å². The molecule has 2 aromatic heterocycles. The van der Waals surface area contributed by atoms with Gasteiger partial charge < -0.3 is 5.73 Å². The van der Waals surface area contributed by atoms with Crippen LogP contribution in [-0.2, 0) is 0 Å². The van der Waals surface area contributed by atoms with Gasteiger partial charge in [-0.05, 0) is 34.5 Å². The van der Waals surface area contributed by atoms with Gasteiger partial charge in [0.1, 0.15) is 0 Å². The molecule has 2 N–H and O–H groups in total. The molecule has 1 atom stereocenters. The summed E-state index contributed by atoms with van der Waals surface area (Å²) in [5, 5.41) is 8.20. The van der Waals surface area contributed by atoms with E-state index in [1.165, 1.54) is 0 Å². The van der Waals surface area contributed by atoms with Gasteiger partial charge in [0.05, 0.1) is 6.04 Å². The van der Waals surface area contributed by atoms with Gasteiger partial charge in [0, 0.05) is 10.7 Å². The van der Waals surface area contributed by atoms with Crippen molar-refractivity contribution < 1.29 is 0 Å². The molecule has 0 saturated carbocycles. The number of halogens is 1. The highest BCUT2D eigenvalue weighted by Crippen LogP contribution is 2.17. The summed E-state index contributed by atoms with van der Waals surface area (Å²) in [6.45, 7) is 2.11. The van der Waals surface area contributed by atoms with Crippen molar-refractivity contribution in [3.63, 3.8) is 0 Å². The lowest BCUT2D eigenvalue weighted by atomic mass is 10.2. The normalized spacial score (nSPS) is 13.3. The molecule has 0 radical (unpaired) electrons. The molecule has 5 heteroatoms. The molecule has 0 spiro atoms. The van der Waals surface area contributed by atoms with Gasteiger partial charge in [0.25, 0.3) is 0 Å². The van der Waals surface area contributed by atoms with E-state index >= 15 is 0 Å². The Hall–Kier alpha value is -0.940. The van der Waals surface area contributed by atoms with Crippen LogP contribution in [0.3, 0.4) is 0 Å². The number of hydrogen-bond donors (Lipinski definition) is 1. The molecule has 80 valence electrons. The standard InChI is InChI=1S/C10H13BrN4/c1-2-3-8(12)10-14-13-9-5-4-7(11)6-15(9)10/h4-6,8H,2-3,12H2,1H3. The number of pyridine rings is 1. The predicted octanol–water partition coefficient (Wildman–Crippen LogP) is 2.29. The number of hydrogen-bond acceptors (Lipinski definition) is 3. The van der Waals surface area contributed by atoms with Crippen LogP contribution in [0.4, 0.5) is 0 Å². The van der Waals surface area contributed by atoms with E-state index in [-0.39, 0.29) is 6.04 Å². The summed E-state index contributed by atoms with van der Waals surface area (Å²) < 4.78 is 2.93. The first-order chi connectivity index (χ1) is 7.22. The molecular weight excluding hydrogens is 256 g/mol. The summed E-state index contributed by atoms with van der Waals surface area (Å²) in [6, 6.07) is 3.82. The highest BCUT2D eigenvalue weighted by Gasteiger charge is 2.12. The zero-order chi connectivity index (χ0) is 10.8. The summed E-state index contributed by atoms with van der Waals surface area (Å²) >= 11 is 3.42. The Kier molecular flexibility index (Phi) is 3.02. The first-order valence-corrected chi connectivity index (χ1v) is 5.77. The molecule has 0 saturated heterocycles. The average Bonchev–Trinajstić information content (AvgIpc) is 2.60. The van der Waals surface area contributed by atoms with Crippen LogP contribution in [0, 0.1) is 0 Å². The van der Waals surface area contributed by atoms with E-state index in [1.807, 2.05) is 22.7 Å². The van der Waals surface area contributed by atoms with Crippen molar-refractivity contribution in [1.82, 2.24) is 14.6 Å². The molecule has 0 aromatic carbocycles. The van der Waals surface area contributed by atoms with Crippen LogP contribution < -0.4 is 5.73 Å². The lowest BCUT2D eigenvalue weighted by molar-refractivity contribution is 0.596. The smallest absolute Gasteiger partial charge is 0.160 e. The molecule has 2 rings (SSSR count). The van der Waals surface area contributed by atoms with Crippen LogP contribution in [-0.4, -0.2) is 14.6 Å². The van der Waals surface area contributed by atoms with Gasteiger partial charge in [-0.2, -0.15) is 0 Å². The first kappa shape index (κ1) is 10.6. The fourth-order valence-electron chi connectivity index (χ4n) is 1.58. The Morgan fingerprint density at radius 3 is 3.00 bits per heavy atom. The first-order valence-electron chi connectivity index (χ1n) is 4.98. The van der Waals surface area contributed by atoms with Crippen molar-refractivity contribution in [1.29, 1.82) is 0 Å². The van der Waals surface area contributed by atoms with Crippen molar-refractivity contribution in [2.75, 3.05) is 0 Å². The Labute approximate surface area is 96.6 Å². The van der Waals surface area contributed by atoms with E-state index < -0.39 is 0 Å². The highest BCUT2D eigenvalue weighted by molar-refractivity contribution is 9.10. The van der Waals surface area contributed by atoms with Gasteiger partial charge in [-0.25, -0.2) is 0 Å². The van der Waals surface area contributed by atoms with E-state index in [9.17, 15) is 0 Å². The lowest BCUT2D eigenvalue weighted by Gasteiger charge is -2.07. The molecule has 1 unspecified atom stereocenters. The summed E-state index contributed by atoms with van der Waals surface area (Å²) in [5.74, 6) is 0.827. The maximum absolute atomic E-state index is 6.03. The fraction of sp³-hybridized carbons (Fsp3) is 0.400. The summed E-state index contributed by atoms with van der Waals surface area (Å²) in [6.07, 6.45) is 3.91. The molecule has 4 nitrogen and oxygen atoms in total. The van der Waals surface area contributed by atoms with Gasteiger partial charge in [0.2, 0.25) is 0 Å². The molecule has 0 aliphatic heterocycles. The minimum atomic E-state index is -0.0423.